The summed E-state index contributed by atoms with van der Waals surface area (Å²) in [5.74, 6) is 0. The molecule has 1 heterocycles. The molecular weight excluding hydrogens is 397 g/mol. The summed E-state index contributed by atoms with van der Waals surface area (Å²) in [4.78, 5) is 25.9. The molecule has 1 aromatic carbocycles. The van der Waals surface area contributed by atoms with Crippen LogP contribution >= 0.6 is 22.6 Å². The van der Waals surface area contributed by atoms with Gasteiger partial charge in [0, 0.05) is 9.77 Å². The highest BCUT2D eigenvalue weighted by Crippen LogP contribution is 2.20. The lowest BCUT2D eigenvalue weighted by atomic mass is 10.2. The van der Waals surface area contributed by atoms with Gasteiger partial charge >= 0.3 is 5.69 Å². The number of rotatable bonds is 3. The van der Waals surface area contributed by atoms with Gasteiger partial charge in [-0.05, 0) is 53.3 Å². The summed E-state index contributed by atoms with van der Waals surface area (Å²) in [6, 6.07) is 5.15. The second-order valence-electron chi connectivity index (χ2n) is 4.00. The molecule has 0 radical (unpaired) electrons. The van der Waals surface area contributed by atoms with Gasteiger partial charge in [-0.2, -0.15) is 0 Å². The average molecular weight is 407 g/mol. The molecule has 0 atom stereocenters. The Kier molecular flexibility index (Phi) is 3.99. The summed E-state index contributed by atoms with van der Waals surface area (Å²) in [5.41, 5.74) is -0.638. The Morgan fingerprint density at radius 2 is 1.95 bits per heavy atom. The van der Waals surface area contributed by atoms with Gasteiger partial charge in [0.25, 0.3) is 15.6 Å². The average Bonchev–Trinajstić information content (AvgIpc) is 2.32. The van der Waals surface area contributed by atoms with Crippen molar-refractivity contribution in [2.24, 2.45) is 0 Å². The molecule has 0 bridgehead atoms. The number of aromatic nitrogens is 2. The number of sulfonamides is 1. The monoisotopic (exact) mass is 407 g/mol. The SMILES string of the molecule is Cc1cc(I)ccc1NS(=O)(=O)c1c[nH]c(=O)[nH]c1=O. The number of aromatic amines is 2. The molecule has 0 spiro atoms. The molecule has 0 saturated heterocycles. The van der Waals surface area contributed by atoms with Crippen molar-refractivity contribution in [3.8, 4) is 0 Å². The van der Waals surface area contributed by atoms with Crippen LogP contribution in [0.5, 0.6) is 0 Å². The third-order valence-corrected chi connectivity index (χ3v) is 4.55. The molecule has 0 aliphatic heterocycles. The Balaban J connectivity index is 2.46. The fourth-order valence-corrected chi connectivity index (χ4v) is 3.32. The first-order valence-electron chi connectivity index (χ1n) is 5.40. The predicted molar refractivity (Wildman–Crippen MR) is 82.4 cm³/mol. The van der Waals surface area contributed by atoms with E-state index in [0.717, 1.165) is 15.3 Å². The molecule has 9 heteroatoms. The number of aryl methyl sites for hydroxylation is 1. The molecule has 0 aliphatic rings. The first-order chi connectivity index (χ1) is 9.29. The van der Waals surface area contributed by atoms with Crippen LogP contribution in [0.15, 0.2) is 38.9 Å². The van der Waals surface area contributed by atoms with Crippen LogP contribution in [-0.2, 0) is 10.0 Å². The van der Waals surface area contributed by atoms with Crippen molar-refractivity contribution in [3.63, 3.8) is 0 Å². The van der Waals surface area contributed by atoms with E-state index in [4.69, 9.17) is 0 Å². The molecule has 0 aliphatic carbocycles. The Morgan fingerprint density at radius 1 is 1.25 bits per heavy atom. The van der Waals surface area contributed by atoms with Gasteiger partial charge in [0.15, 0.2) is 4.90 Å². The van der Waals surface area contributed by atoms with Crippen LogP contribution in [0.4, 0.5) is 5.69 Å². The van der Waals surface area contributed by atoms with Crippen molar-refractivity contribution in [3.05, 3.63) is 54.4 Å². The normalized spacial score (nSPS) is 11.3. The fourth-order valence-electron chi connectivity index (χ4n) is 1.54. The van der Waals surface area contributed by atoms with Crippen LogP contribution in [0.3, 0.4) is 0 Å². The zero-order valence-corrected chi connectivity index (χ0v) is 13.2. The van der Waals surface area contributed by atoms with E-state index < -0.39 is 26.2 Å². The molecule has 0 saturated carbocycles. The summed E-state index contributed by atoms with van der Waals surface area (Å²) in [5, 5.41) is 0. The van der Waals surface area contributed by atoms with Gasteiger partial charge in [-0.25, -0.2) is 13.2 Å². The van der Waals surface area contributed by atoms with Crippen LogP contribution in [0.25, 0.3) is 0 Å². The summed E-state index contributed by atoms with van der Waals surface area (Å²) < 4.78 is 27.5. The maximum absolute atomic E-state index is 12.1. The number of H-pyrrole nitrogens is 2. The minimum Gasteiger partial charge on any atom is -0.313 e. The Hall–Kier alpha value is -1.62. The van der Waals surface area contributed by atoms with Crippen LogP contribution in [0, 0.1) is 10.5 Å². The molecular formula is C11H10IN3O4S. The molecule has 3 N–H and O–H groups in total. The van der Waals surface area contributed by atoms with Crippen molar-refractivity contribution < 1.29 is 8.42 Å². The van der Waals surface area contributed by atoms with Gasteiger partial charge in [0.1, 0.15) is 0 Å². The second-order valence-corrected chi connectivity index (χ2v) is 6.90. The van der Waals surface area contributed by atoms with Gasteiger partial charge in [-0.15, -0.1) is 0 Å². The van der Waals surface area contributed by atoms with Crippen molar-refractivity contribution >= 4 is 38.3 Å². The molecule has 0 amide bonds. The third-order valence-electron chi connectivity index (χ3n) is 2.51. The molecule has 7 nitrogen and oxygen atoms in total. The lowest BCUT2D eigenvalue weighted by Crippen LogP contribution is -2.29. The quantitative estimate of drug-likeness (QED) is 0.653. The second kappa shape index (κ2) is 5.40. The van der Waals surface area contributed by atoms with Crippen molar-refractivity contribution in [1.29, 1.82) is 0 Å². The molecule has 2 rings (SSSR count). The van der Waals surface area contributed by atoms with Crippen molar-refractivity contribution in [2.45, 2.75) is 11.8 Å². The Labute approximate surface area is 127 Å². The van der Waals surface area contributed by atoms with Crippen LogP contribution < -0.4 is 16.0 Å². The standard InChI is InChI=1S/C11H10IN3O4S/c1-6-4-7(12)2-3-8(6)15-20(18,19)9-5-13-11(17)14-10(9)16/h2-5,15H,1H3,(H2,13,14,16,17). The zero-order chi connectivity index (χ0) is 14.9. The van der Waals surface area contributed by atoms with Gasteiger partial charge in [0.05, 0.1) is 5.69 Å². The molecule has 1 aromatic heterocycles. The van der Waals surface area contributed by atoms with Gasteiger partial charge in [-0.3, -0.25) is 14.5 Å². The summed E-state index contributed by atoms with van der Waals surface area (Å²) in [6.07, 6.45) is 0.867. The van der Waals surface area contributed by atoms with Gasteiger partial charge in [-0.1, -0.05) is 0 Å². The Morgan fingerprint density at radius 3 is 2.55 bits per heavy atom. The summed E-state index contributed by atoms with van der Waals surface area (Å²) >= 11 is 2.11. The summed E-state index contributed by atoms with van der Waals surface area (Å²) in [7, 11) is -4.06. The third kappa shape index (κ3) is 3.10. The van der Waals surface area contributed by atoms with Gasteiger partial charge < -0.3 is 4.98 Å². The van der Waals surface area contributed by atoms with Crippen molar-refractivity contribution in [2.75, 3.05) is 4.72 Å². The number of hydrogen-bond donors (Lipinski definition) is 3. The van der Waals surface area contributed by atoms with Crippen LogP contribution in [0.2, 0.25) is 0 Å². The largest absolute Gasteiger partial charge is 0.325 e. The Bertz CT molecular complexity index is 870. The lowest BCUT2D eigenvalue weighted by Gasteiger charge is -2.10. The topological polar surface area (TPSA) is 112 Å². The highest BCUT2D eigenvalue weighted by atomic mass is 127. The molecule has 2 aromatic rings. The number of benzene rings is 1. The van der Waals surface area contributed by atoms with E-state index in [1.54, 1.807) is 25.1 Å². The van der Waals surface area contributed by atoms with Crippen molar-refractivity contribution in [1.82, 2.24) is 9.97 Å². The van der Waals surface area contributed by atoms with E-state index in [1.807, 2.05) is 4.98 Å². The van der Waals surface area contributed by atoms with E-state index in [0.29, 0.717) is 5.69 Å². The number of anilines is 1. The first-order valence-corrected chi connectivity index (χ1v) is 7.97. The van der Waals surface area contributed by atoms with Gasteiger partial charge in [0.2, 0.25) is 0 Å². The van der Waals surface area contributed by atoms with E-state index >= 15 is 0 Å². The first kappa shape index (κ1) is 14.8. The molecule has 0 unspecified atom stereocenters. The number of hydrogen-bond acceptors (Lipinski definition) is 4. The number of halogens is 1. The highest BCUT2D eigenvalue weighted by molar-refractivity contribution is 14.1. The molecule has 0 fully saturated rings. The zero-order valence-electron chi connectivity index (χ0n) is 10.2. The molecule has 20 heavy (non-hydrogen) atoms. The fraction of sp³-hybridized carbons (Fsp3) is 0.0909. The van der Waals surface area contributed by atoms with E-state index in [9.17, 15) is 18.0 Å². The predicted octanol–water partition coefficient (Wildman–Crippen LogP) is 0.777. The van der Waals surface area contributed by atoms with E-state index in [2.05, 4.69) is 32.3 Å². The smallest absolute Gasteiger partial charge is 0.313 e. The van der Waals surface area contributed by atoms with Crippen LogP contribution in [-0.4, -0.2) is 18.4 Å². The lowest BCUT2D eigenvalue weighted by molar-refractivity contribution is 0.599. The van der Waals surface area contributed by atoms with E-state index in [1.165, 1.54) is 0 Å². The summed E-state index contributed by atoms with van der Waals surface area (Å²) in [6.45, 7) is 1.75. The maximum atomic E-state index is 12.1. The van der Waals surface area contributed by atoms with E-state index in [-0.39, 0.29) is 0 Å². The highest BCUT2D eigenvalue weighted by Gasteiger charge is 2.19. The number of nitrogens with one attached hydrogen (secondary N) is 3. The van der Waals surface area contributed by atoms with Crippen LogP contribution in [0.1, 0.15) is 5.56 Å². The minimum absolute atomic E-state index is 0.371. The molecule has 106 valence electrons. The minimum atomic E-state index is -4.06. The maximum Gasteiger partial charge on any atom is 0.325 e.